The number of nitrogens with zero attached hydrogens (tertiary/aromatic N) is 2. The first-order valence-corrected chi connectivity index (χ1v) is 6.70. The summed E-state index contributed by atoms with van der Waals surface area (Å²) in [6, 6.07) is 6.34. The first kappa shape index (κ1) is 13.0. The van der Waals surface area contributed by atoms with Crippen LogP contribution in [0.5, 0.6) is 11.5 Å². The normalized spacial score (nSPS) is 17.6. The molecule has 20 heavy (non-hydrogen) atoms. The van der Waals surface area contributed by atoms with Gasteiger partial charge in [0.05, 0.1) is 26.0 Å². The van der Waals surface area contributed by atoms with Crippen LogP contribution in [0.15, 0.2) is 24.4 Å². The summed E-state index contributed by atoms with van der Waals surface area (Å²) in [4.78, 5) is 0. The van der Waals surface area contributed by atoms with Crippen molar-refractivity contribution < 1.29 is 9.47 Å². The average Bonchev–Trinajstić information content (AvgIpc) is 2.91. The van der Waals surface area contributed by atoms with Gasteiger partial charge in [-0.2, -0.15) is 5.10 Å². The average molecular weight is 273 g/mol. The van der Waals surface area contributed by atoms with Crippen molar-refractivity contribution >= 4 is 0 Å². The fourth-order valence-corrected chi connectivity index (χ4v) is 2.81. The number of hydrogen-bond donors (Lipinski definition) is 1. The predicted molar refractivity (Wildman–Crippen MR) is 76.3 cm³/mol. The zero-order valence-corrected chi connectivity index (χ0v) is 12.0. The molecule has 0 spiro atoms. The van der Waals surface area contributed by atoms with Crippen molar-refractivity contribution in [3.05, 3.63) is 41.2 Å². The van der Waals surface area contributed by atoms with Gasteiger partial charge in [-0.1, -0.05) is 0 Å². The topological polar surface area (TPSA) is 48.3 Å². The Balaban J connectivity index is 2.10. The van der Waals surface area contributed by atoms with Gasteiger partial charge in [-0.05, 0) is 35.7 Å². The molecule has 1 aromatic carbocycles. The standard InChI is InChI=1S/C15H19N3O2/c1-18-12(5-7-17-18)15-11-9-14(20-3)13(19-2)8-10(11)4-6-16-15/h5,7-9,15-16H,4,6H2,1-3H3. The number of methoxy groups -OCH3 is 2. The van der Waals surface area contributed by atoms with Crippen molar-refractivity contribution in [2.45, 2.75) is 12.5 Å². The number of benzene rings is 1. The zero-order chi connectivity index (χ0) is 14.1. The van der Waals surface area contributed by atoms with Crippen LogP contribution in [-0.4, -0.2) is 30.5 Å². The van der Waals surface area contributed by atoms with Crippen LogP contribution in [0, 0.1) is 0 Å². The molecule has 1 N–H and O–H groups in total. The molecule has 1 aromatic heterocycles. The maximum atomic E-state index is 5.42. The molecule has 106 valence electrons. The quantitative estimate of drug-likeness (QED) is 0.924. The fourth-order valence-electron chi connectivity index (χ4n) is 2.81. The van der Waals surface area contributed by atoms with Crippen molar-refractivity contribution in [1.82, 2.24) is 15.1 Å². The van der Waals surface area contributed by atoms with Gasteiger partial charge in [0.25, 0.3) is 0 Å². The number of aromatic nitrogens is 2. The fraction of sp³-hybridized carbons (Fsp3) is 0.400. The Hall–Kier alpha value is -2.01. The molecule has 1 atom stereocenters. The number of rotatable bonds is 3. The van der Waals surface area contributed by atoms with Crippen LogP contribution in [-0.2, 0) is 13.5 Å². The van der Waals surface area contributed by atoms with Gasteiger partial charge in [0, 0.05) is 19.8 Å². The Morgan fingerprint density at radius 3 is 2.65 bits per heavy atom. The molecule has 2 heterocycles. The molecule has 5 heteroatoms. The van der Waals surface area contributed by atoms with E-state index in [-0.39, 0.29) is 6.04 Å². The number of fused-ring (bicyclic) bond motifs is 1. The van der Waals surface area contributed by atoms with E-state index in [9.17, 15) is 0 Å². The summed E-state index contributed by atoms with van der Waals surface area (Å²) in [5, 5.41) is 7.81. The number of aryl methyl sites for hydroxylation is 1. The molecule has 2 aromatic rings. The summed E-state index contributed by atoms with van der Waals surface area (Å²) in [5.41, 5.74) is 3.68. The molecule has 1 aliphatic heterocycles. The van der Waals surface area contributed by atoms with Gasteiger partial charge in [0.15, 0.2) is 11.5 Å². The second kappa shape index (κ2) is 5.17. The second-order valence-corrected chi connectivity index (χ2v) is 4.92. The molecule has 0 bridgehead atoms. The van der Waals surface area contributed by atoms with Gasteiger partial charge in [-0.15, -0.1) is 0 Å². The molecule has 5 nitrogen and oxygen atoms in total. The minimum atomic E-state index is 0.144. The Morgan fingerprint density at radius 2 is 2.00 bits per heavy atom. The molecule has 0 aliphatic carbocycles. The molecule has 0 fully saturated rings. The first-order valence-electron chi connectivity index (χ1n) is 6.70. The number of nitrogens with one attached hydrogen (secondary N) is 1. The van der Waals surface area contributed by atoms with Crippen LogP contribution in [0.25, 0.3) is 0 Å². The summed E-state index contributed by atoms with van der Waals surface area (Å²) in [7, 11) is 5.30. The Morgan fingerprint density at radius 1 is 1.25 bits per heavy atom. The lowest BCUT2D eigenvalue weighted by Crippen LogP contribution is -2.32. The predicted octanol–water partition coefficient (Wildman–Crippen LogP) is 1.67. The lowest BCUT2D eigenvalue weighted by Gasteiger charge is -2.28. The lowest BCUT2D eigenvalue weighted by molar-refractivity contribution is 0.352. The van der Waals surface area contributed by atoms with Crippen LogP contribution in [0.3, 0.4) is 0 Å². The first-order chi connectivity index (χ1) is 9.74. The summed E-state index contributed by atoms with van der Waals surface area (Å²) >= 11 is 0. The third kappa shape index (κ3) is 2.04. The van der Waals surface area contributed by atoms with Gasteiger partial charge in [-0.3, -0.25) is 4.68 Å². The minimum absolute atomic E-state index is 0.144. The number of ether oxygens (including phenoxy) is 2. The summed E-state index contributed by atoms with van der Waals surface area (Å²) in [6.07, 6.45) is 2.82. The van der Waals surface area contributed by atoms with Crippen molar-refractivity contribution in [2.75, 3.05) is 20.8 Å². The van der Waals surface area contributed by atoms with E-state index >= 15 is 0 Å². The third-order valence-corrected chi connectivity index (χ3v) is 3.85. The minimum Gasteiger partial charge on any atom is -0.493 e. The van der Waals surface area contributed by atoms with Crippen molar-refractivity contribution in [3.8, 4) is 11.5 Å². The smallest absolute Gasteiger partial charge is 0.161 e. The Bertz CT molecular complexity index is 622. The van der Waals surface area contributed by atoms with E-state index in [4.69, 9.17) is 9.47 Å². The molecule has 0 radical (unpaired) electrons. The molecular formula is C15H19N3O2. The summed E-state index contributed by atoms with van der Waals surface area (Å²) in [6.45, 7) is 0.943. The van der Waals surface area contributed by atoms with E-state index < -0.39 is 0 Å². The summed E-state index contributed by atoms with van der Waals surface area (Å²) < 4.78 is 12.7. The van der Waals surface area contributed by atoms with Crippen LogP contribution in [0.1, 0.15) is 22.9 Å². The molecule has 1 aliphatic rings. The maximum absolute atomic E-state index is 5.42. The Labute approximate surface area is 118 Å². The van der Waals surface area contributed by atoms with E-state index in [2.05, 4.69) is 22.5 Å². The third-order valence-electron chi connectivity index (χ3n) is 3.85. The highest BCUT2D eigenvalue weighted by Gasteiger charge is 2.25. The van der Waals surface area contributed by atoms with Crippen LogP contribution < -0.4 is 14.8 Å². The van der Waals surface area contributed by atoms with E-state index in [1.54, 1.807) is 14.2 Å². The molecular weight excluding hydrogens is 254 g/mol. The SMILES string of the molecule is COc1cc2c(cc1OC)C(c1ccnn1C)NCC2. The second-order valence-electron chi connectivity index (χ2n) is 4.92. The molecule has 0 amide bonds. The highest BCUT2D eigenvalue weighted by atomic mass is 16.5. The van der Waals surface area contributed by atoms with Gasteiger partial charge in [0.1, 0.15) is 0 Å². The van der Waals surface area contributed by atoms with E-state index in [1.807, 2.05) is 24.0 Å². The van der Waals surface area contributed by atoms with Gasteiger partial charge >= 0.3 is 0 Å². The molecule has 1 unspecified atom stereocenters. The highest BCUT2D eigenvalue weighted by molar-refractivity contribution is 5.51. The highest BCUT2D eigenvalue weighted by Crippen LogP contribution is 2.37. The zero-order valence-electron chi connectivity index (χ0n) is 12.0. The van der Waals surface area contributed by atoms with Gasteiger partial charge < -0.3 is 14.8 Å². The van der Waals surface area contributed by atoms with Gasteiger partial charge in [0.2, 0.25) is 0 Å². The monoisotopic (exact) mass is 273 g/mol. The van der Waals surface area contributed by atoms with Crippen LogP contribution in [0.2, 0.25) is 0 Å². The van der Waals surface area contributed by atoms with Gasteiger partial charge in [-0.25, -0.2) is 0 Å². The van der Waals surface area contributed by atoms with Crippen molar-refractivity contribution in [1.29, 1.82) is 0 Å². The summed E-state index contributed by atoms with van der Waals surface area (Å²) in [5.74, 6) is 1.55. The molecule has 0 saturated carbocycles. The van der Waals surface area contributed by atoms with Crippen molar-refractivity contribution in [3.63, 3.8) is 0 Å². The lowest BCUT2D eigenvalue weighted by atomic mass is 9.91. The molecule has 0 saturated heterocycles. The Kier molecular flexibility index (Phi) is 3.36. The maximum Gasteiger partial charge on any atom is 0.161 e. The van der Waals surface area contributed by atoms with Crippen LogP contribution >= 0.6 is 0 Å². The molecule has 3 rings (SSSR count). The van der Waals surface area contributed by atoms with Crippen molar-refractivity contribution in [2.24, 2.45) is 7.05 Å². The van der Waals surface area contributed by atoms with E-state index in [0.29, 0.717) is 0 Å². The number of hydrogen-bond acceptors (Lipinski definition) is 4. The van der Waals surface area contributed by atoms with E-state index in [0.717, 1.165) is 30.2 Å². The van der Waals surface area contributed by atoms with E-state index in [1.165, 1.54) is 11.1 Å². The van der Waals surface area contributed by atoms with Crippen LogP contribution in [0.4, 0.5) is 0 Å². The largest absolute Gasteiger partial charge is 0.493 e.